The van der Waals surface area contributed by atoms with Crippen LogP contribution in [0.25, 0.3) is 0 Å². The van der Waals surface area contributed by atoms with Crippen molar-refractivity contribution >= 4 is 5.97 Å². The molecule has 20 heavy (non-hydrogen) atoms. The van der Waals surface area contributed by atoms with Crippen LogP contribution in [0.4, 0.5) is 0 Å². The summed E-state index contributed by atoms with van der Waals surface area (Å²) in [7, 11) is 0. The fraction of sp³-hybridized carbons (Fsp3) is 0.533. The van der Waals surface area contributed by atoms with Gasteiger partial charge in [0, 0.05) is 19.6 Å². The van der Waals surface area contributed by atoms with Crippen LogP contribution in [0.2, 0.25) is 0 Å². The number of morpholine rings is 1. The molecule has 1 fully saturated rings. The lowest BCUT2D eigenvalue weighted by molar-refractivity contribution is -0.149. The Morgan fingerprint density at radius 1 is 1.35 bits per heavy atom. The molecule has 1 aliphatic rings. The van der Waals surface area contributed by atoms with E-state index in [9.17, 15) is 4.79 Å². The molecule has 1 saturated heterocycles. The van der Waals surface area contributed by atoms with E-state index in [1.165, 1.54) is 0 Å². The minimum Gasteiger partial charge on any atom is -0.461 e. The Bertz CT molecular complexity index is 405. The van der Waals surface area contributed by atoms with E-state index < -0.39 is 0 Å². The second-order valence-electron chi connectivity index (χ2n) is 4.96. The molecule has 5 nitrogen and oxygen atoms in total. The van der Waals surface area contributed by atoms with Gasteiger partial charge in [0.15, 0.2) is 0 Å². The van der Waals surface area contributed by atoms with Gasteiger partial charge in [0.2, 0.25) is 0 Å². The summed E-state index contributed by atoms with van der Waals surface area (Å²) in [5.74, 6) is -0.337. The first-order chi connectivity index (χ1) is 9.75. The maximum atomic E-state index is 11.9. The Morgan fingerprint density at radius 3 is 2.75 bits per heavy atom. The van der Waals surface area contributed by atoms with Gasteiger partial charge >= 0.3 is 5.97 Å². The quantitative estimate of drug-likeness (QED) is 0.793. The van der Waals surface area contributed by atoms with E-state index in [4.69, 9.17) is 9.47 Å². The standard InChI is InChI=1S/C15H22N2O3/c1-13(11-16-17-7-9-19-10-8-17)15(18)20-12-14-5-3-2-4-6-14/h2-6,13,16H,7-12H2,1H3. The lowest BCUT2D eigenvalue weighted by Gasteiger charge is -2.28. The van der Waals surface area contributed by atoms with Crippen LogP contribution < -0.4 is 5.43 Å². The number of ether oxygens (including phenoxy) is 2. The second-order valence-corrected chi connectivity index (χ2v) is 4.96. The van der Waals surface area contributed by atoms with Crippen LogP contribution in [-0.2, 0) is 20.9 Å². The first kappa shape index (κ1) is 15.0. The highest BCUT2D eigenvalue weighted by molar-refractivity contribution is 5.72. The predicted molar refractivity (Wildman–Crippen MR) is 75.8 cm³/mol. The van der Waals surface area contributed by atoms with Gasteiger partial charge in [-0.15, -0.1) is 0 Å². The fourth-order valence-corrected chi connectivity index (χ4v) is 1.94. The Kier molecular flexibility index (Phi) is 5.98. The molecule has 2 rings (SSSR count). The zero-order valence-corrected chi connectivity index (χ0v) is 11.9. The summed E-state index contributed by atoms with van der Waals surface area (Å²) in [6.45, 7) is 5.98. The third kappa shape index (κ3) is 4.92. The summed E-state index contributed by atoms with van der Waals surface area (Å²) in [5.41, 5.74) is 4.26. The van der Waals surface area contributed by atoms with Crippen LogP contribution >= 0.6 is 0 Å². The third-order valence-corrected chi connectivity index (χ3v) is 3.26. The molecule has 0 aliphatic carbocycles. The van der Waals surface area contributed by atoms with E-state index in [0.29, 0.717) is 13.2 Å². The van der Waals surface area contributed by atoms with Crippen LogP contribution in [-0.4, -0.2) is 43.8 Å². The highest BCUT2D eigenvalue weighted by atomic mass is 16.5. The Hall–Kier alpha value is -1.43. The molecule has 0 aromatic heterocycles. The van der Waals surface area contributed by atoms with Crippen molar-refractivity contribution in [2.45, 2.75) is 13.5 Å². The average molecular weight is 278 g/mol. The molecule has 0 bridgehead atoms. The molecule has 1 aromatic rings. The van der Waals surface area contributed by atoms with Crippen molar-refractivity contribution in [3.8, 4) is 0 Å². The van der Waals surface area contributed by atoms with E-state index in [1.807, 2.05) is 37.3 Å². The molecular weight excluding hydrogens is 256 g/mol. The number of hydrogen-bond donors (Lipinski definition) is 1. The normalized spacial score (nSPS) is 17.6. The number of nitrogens with one attached hydrogen (secondary N) is 1. The van der Waals surface area contributed by atoms with Crippen molar-refractivity contribution in [1.82, 2.24) is 10.4 Å². The molecule has 0 radical (unpaired) electrons. The molecule has 1 aliphatic heterocycles. The van der Waals surface area contributed by atoms with Crippen molar-refractivity contribution in [3.63, 3.8) is 0 Å². The van der Waals surface area contributed by atoms with Gasteiger partial charge in [-0.2, -0.15) is 0 Å². The first-order valence-corrected chi connectivity index (χ1v) is 7.02. The van der Waals surface area contributed by atoms with Crippen LogP contribution in [0.1, 0.15) is 12.5 Å². The summed E-state index contributed by atoms with van der Waals surface area (Å²) in [6.07, 6.45) is 0. The highest BCUT2D eigenvalue weighted by Gasteiger charge is 2.17. The zero-order chi connectivity index (χ0) is 14.2. The van der Waals surface area contributed by atoms with E-state index in [-0.39, 0.29) is 11.9 Å². The topological polar surface area (TPSA) is 50.8 Å². The minimum absolute atomic E-state index is 0.165. The number of nitrogens with zero attached hydrogens (tertiary/aromatic N) is 1. The number of carbonyl (C=O) groups is 1. The van der Waals surface area contributed by atoms with Gasteiger partial charge in [0.25, 0.3) is 0 Å². The number of rotatable bonds is 6. The zero-order valence-electron chi connectivity index (χ0n) is 11.9. The van der Waals surface area contributed by atoms with E-state index in [1.54, 1.807) is 0 Å². The largest absolute Gasteiger partial charge is 0.461 e. The summed E-state index contributed by atoms with van der Waals surface area (Å²) >= 11 is 0. The first-order valence-electron chi connectivity index (χ1n) is 7.02. The van der Waals surface area contributed by atoms with Crippen LogP contribution in [0.15, 0.2) is 30.3 Å². The van der Waals surface area contributed by atoms with Crippen molar-refractivity contribution in [3.05, 3.63) is 35.9 Å². The molecule has 1 unspecified atom stereocenters. The van der Waals surface area contributed by atoms with Crippen molar-refractivity contribution in [2.24, 2.45) is 5.92 Å². The molecule has 1 heterocycles. The fourth-order valence-electron chi connectivity index (χ4n) is 1.94. The number of esters is 1. The van der Waals surface area contributed by atoms with Crippen molar-refractivity contribution in [2.75, 3.05) is 32.8 Å². The molecule has 0 amide bonds. The van der Waals surface area contributed by atoms with Gasteiger partial charge in [-0.05, 0) is 5.56 Å². The molecular formula is C15H22N2O3. The molecule has 5 heteroatoms. The van der Waals surface area contributed by atoms with Gasteiger partial charge in [-0.1, -0.05) is 37.3 Å². The van der Waals surface area contributed by atoms with Crippen LogP contribution in [0.3, 0.4) is 0 Å². The van der Waals surface area contributed by atoms with Gasteiger partial charge in [-0.25, -0.2) is 5.01 Å². The molecule has 1 atom stereocenters. The van der Waals surface area contributed by atoms with Gasteiger partial charge < -0.3 is 9.47 Å². The summed E-state index contributed by atoms with van der Waals surface area (Å²) < 4.78 is 10.6. The van der Waals surface area contributed by atoms with Crippen LogP contribution in [0.5, 0.6) is 0 Å². The molecule has 1 N–H and O–H groups in total. The Morgan fingerprint density at radius 2 is 2.05 bits per heavy atom. The number of hydrogen-bond acceptors (Lipinski definition) is 5. The maximum absolute atomic E-state index is 11.9. The van der Waals surface area contributed by atoms with Gasteiger partial charge in [0.05, 0.1) is 19.1 Å². The lowest BCUT2D eigenvalue weighted by atomic mass is 10.2. The third-order valence-electron chi connectivity index (χ3n) is 3.26. The lowest BCUT2D eigenvalue weighted by Crippen LogP contribution is -2.47. The highest BCUT2D eigenvalue weighted by Crippen LogP contribution is 2.04. The summed E-state index contributed by atoms with van der Waals surface area (Å²) in [6, 6.07) is 9.72. The Labute approximate surface area is 119 Å². The summed E-state index contributed by atoms with van der Waals surface area (Å²) in [5, 5.41) is 2.09. The molecule has 110 valence electrons. The predicted octanol–water partition coefficient (Wildman–Crippen LogP) is 1.20. The molecule has 0 spiro atoms. The molecule has 0 saturated carbocycles. The number of benzene rings is 1. The minimum atomic E-state index is -0.172. The second kappa shape index (κ2) is 7.99. The van der Waals surface area contributed by atoms with Crippen LogP contribution in [0, 0.1) is 5.92 Å². The van der Waals surface area contributed by atoms with Crippen molar-refractivity contribution < 1.29 is 14.3 Å². The van der Waals surface area contributed by atoms with Gasteiger partial charge in [-0.3, -0.25) is 10.2 Å². The molecule has 1 aromatic carbocycles. The van der Waals surface area contributed by atoms with E-state index in [2.05, 4.69) is 10.4 Å². The maximum Gasteiger partial charge on any atom is 0.310 e. The summed E-state index contributed by atoms with van der Waals surface area (Å²) in [4.78, 5) is 11.9. The van der Waals surface area contributed by atoms with Gasteiger partial charge in [0.1, 0.15) is 6.61 Å². The number of hydrazine groups is 1. The smallest absolute Gasteiger partial charge is 0.310 e. The van der Waals surface area contributed by atoms with E-state index >= 15 is 0 Å². The number of carbonyl (C=O) groups excluding carboxylic acids is 1. The average Bonchev–Trinajstić information content (AvgIpc) is 2.52. The SMILES string of the molecule is CC(CNN1CCOCC1)C(=O)OCc1ccccc1. The van der Waals surface area contributed by atoms with Crippen molar-refractivity contribution in [1.29, 1.82) is 0 Å². The van der Waals surface area contributed by atoms with E-state index in [0.717, 1.165) is 31.9 Å². The monoisotopic (exact) mass is 278 g/mol. The Balaban J connectivity index is 1.66.